The molecule has 0 aromatic heterocycles. The fourth-order valence-electron chi connectivity index (χ4n) is 10.2. The molecule has 18 heteroatoms. The van der Waals surface area contributed by atoms with Crippen molar-refractivity contribution in [1.29, 1.82) is 0 Å². The van der Waals surface area contributed by atoms with Gasteiger partial charge in [-0.05, 0) is 54.8 Å². The van der Waals surface area contributed by atoms with E-state index in [1.807, 2.05) is 0 Å². The summed E-state index contributed by atoms with van der Waals surface area (Å²) < 4.78 is 34.8. The van der Waals surface area contributed by atoms with Crippen molar-refractivity contribution in [3.8, 4) is 0 Å². The van der Waals surface area contributed by atoms with Gasteiger partial charge < -0.3 is 48.4 Å². The molecule has 3 fully saturated rings. The fourth-order valence-corrected chi connectivity index (χ4v) is 10.2. The quantitative estimate of drug-likeness (QED) is 0.0972. The highest BCUT2D eigenvalue weighted by Gasteiger charge is 2.78. The Hall–Kier alpha value is -5.35. The summed E-state index contributed by atoms with van der Waals surface area (Å²) in [4.78, 5) is 83.5. The van der Waals surface area contributed by atoms with E-state index < -0.39 is 113 Å². The van der Waals surface area contributed by atoms with Crippen LogP contribution in [0.1, 0.15) is 86.7 Å². The van der Waals surface area contributed by atoms with Crippen molar-refractivity contribution in [3.05, 3.63) is 119 Å². The van der Waals surface area contributed by atoms with Crippen LogP contribution in [0, 0.1) is 16.7 Å². The van der Waals surface area contributed by atoms with Crippen molar-refractivity contribution in [2.75, 3.05) is 6.61 Å². The number of Topliss-reactive ketones (excluding diaryl/α,β-unsaturated/α-hetero) is 1. The second kappa shape index (κ2) is 19.2. The molecule has 1 amide bonds. The number of nitrogens with one attached hydrogen (secondary N) is 1. The number of esters is 4. The second-order valence-corrected chi connectivity index (χ2v) is 21.0. The number of carbonyl (C=O) groups excluding carboxylic acids is 6. The number of hydrogen-bond acceptors (Lipinski definition) is 15. The summed E-state index contributed by atoms with van der Waals surface area (Å²) in [6.07, 6.45) is -10.5. The van der Waals surface area contributed by atoms with Crippen molar-refractivity contribution < 1.29 is 71.9 Å². The lowest BCUT2D eigenvalue weighted by atomic mass is 9.44. The molecule has 3 aromatic carbocycles. The molecule has 2 bridgehead atoms. The van der Waals surface area contributed by atoms with Crippen molar-refractivity contribution in [2.45, 2.75) is 108 Å². The van der Waals surface area contributed by atoms with Gasteiger partial charge in [0.25, 0.3) is 5.91 Å². The number of aliphatic hydroxyl groups excluding tert-OH is 2. The number of rotatable bonds is 10. The Morgan fingerprint density at radius 2 is 1.38 bits per heavy atom. The van der Waals surface area contributed by atoms with Gasteiger partial charge in [0.05, 0.1) is 35.6 Å². The van der Waals surface area contributed by atoms with Crippen LogP contribution in [-0.2, 0) is 47.0 Å². The average molecular weight is 932 g/mol. The van der Waals surface area contributed by atoms with Crippen LogP contribution in [0.25, 0.3) is 0 Å². The molecular weight excluding hydrogens is 875 g/mol. The molecule has 65 heavy (non-hydrogen) atoms. The minimum Gasteiger partial charge on any atom is -0.471 e. The molecule has 11 atom stereocenters. The lowest BCUT2D eigenvalue weighted by Gasteiger charge is -2.67. The summed E-state index contributed by atoms with van der Waals surface area (Å²) >= 11 is 0. The maximum Gasteiger partial charge on any atom is 0.338 e. The molecule has 0 unspecified atom stereocenters. The number of ether oxygens (including phenoxy) is 5. The third kappa shape index (κ3) is 8.87. The standard InChI is InChI=1S/C47H51NO14.H6OSi2/c1-25-31(60-43(56)36(52)35(28-16-10-7-11-17-28)48-41(54)29-18-12-8-13-19-29)23-47(57)40(61-42(55)30-20-14-9-15-21-30)38-45(6,32(51)22-33-46(38,24-58-33)62-27(3)50)39(53)37(59-26(2)49)34(25)44(47,4)5;2-1-3/h7-21,31-33,35-38,40,51-52,57H,22-24H2,1-6H3,(H,48,54);2-3H3/t31-,32-,33+,35-,36+,37+,38-,40-,45+,46-,47+;/m0./s1. The van der Waals surface area contributed by atoms with Crippen LogP contribution in [0.4, 0.5) is 0 Å². The number of aliphatic hydroxyl groups is 3. The Morgan fingerprint density at radius 3 is 1.91 bits per heavy atom. The van der Waals surface area contributed by atoms with Gasteiger partial charge in [-0.2, -0.15) is 0 Å². The molecule has 1 heterocycles. The van der Waals surface area contributed by atoms with Crippen molar-refractivity contribution >= 4 is 56.5 Å². The van der Waals surface area contributed by atoms with Gasteiger partial charge in [-0.1, -0.05) is 80.6 Å². The maximum absolute atomic E-state index is 15.5. The number of ketones is 1. The zero-order valence-electron chi connectivity index (χ0n) is 37.6. The van der Waals surface area contributed by atoms with E-state index in [1.54, 1.807) is 92.7 Å². The largest absolute Gasteiger partial charge is 0.471 e. The molecule has 16 nitrogen and oxygen atoms in total. The topological polar surface area (TPSA) is 231 Å². The summed E-state index contributed by atoms with van der Waals surface area (Å²) in [6, 6.07) is 22.9. The van der Waals surface area contributed by atoms with Crippen molar-refractivity contribution in [3.63, 3.8) is 0 Å². The number of amides is 1. The van der Waals surface area contributed by atoms with Crippen molar-refractivity contribution in [2.24, 2.45) is 16.7 Å². The predicted molar refractivity (Wildman–Crippen MR) is 239 cm³/mol. The van der Waals surface area contributed by atoms with Gasteiger partial charge in [0.1, 0.15) is 44.9 Å². The van der Waals surface area contributed by atoms with Gasteiger partial charge in [-0.25, -0.2) is 9.59 Å². The molecular formula is C47H57NO15Si2. The highest BCUT2D eigenvalue weighted by atomic mass is 28.3. The number of benzene rings is 3. The number of carbonyl (C=O) groups is 6. The first-order chi connectivity index (χ1) is 30.7. The normalized spacial score (nSPS) is 30.8. The third-order valence-corrected chi connectivity index (χ3v) is 13.5. The first-order valence-corrected chi connectivity index (χ1v) is 22.9. The zero-order chi connectivity index (χ0) is 47.6. The van der Waals surface area contributed by atoms with Crippen LogP contribution in [-0.4, -0.2) is 126 Å². The average Bonchev–Trinajstić information content (AvgIpc) is 3.27. The molecule has 2 saturated carbocycles. The fraction of sp³-hybridized carbons (Fsp3) is 0.447. The summed E-state index contributed by atoms with van der Waals surface area (Å²) in [6.45, 7) is 7.97. The van der Waals surface area contributed by atoms with Gasteiger partial charge in [0.15, 0.2) is 23.6 Å². The molecule has 0 radical (unpaired) electrons. The van der Waals surface area contributed by atoms with Gasteiger partial charge in [0.2, 0.25) is 0 Å². The third-order valence-electron chi connectivity index (χ3n) is 13.5. The molecule has 4 N–H and O–H groups in total. The zero-order valence-corrected chi connectivity index (χ0v) is 41.6. The Balaban J connectivity index is 0.00000227. The first kappa shape index (κ1) is 49.1. The van der Waals surface area contributed by atoms with Crippen LogP contribution in [0.2, 0.25) is 0 Å². The van der Waals surface area contributed by atoms with E-state index in [-0.39, 0.29) is 35.3 Å². The Bertz CT molecular complexity index is 2310. The van der Waals surface area contributed by atoms with Gasteiger partial charge in [0, 0.05) is 37.7 Å². The highest BCUT2D eigenvalue weighted by molar-refractivity contribution is 6.15. The van der Waals surface area contributed by atoms with E-state index in [4.69, 9.17) is 23.7 Å². The SMILES string of the molecule is CC(=O)O[C@H]1C(=O)[C@@]2(C)[C@H]([C@H](OC(=O)c3ccccc3)[C@]3(O)C[C@H](OC(=O)[C@H](O)[C@@H](NC(=O)c4ccccc4)c4ccccc4)C(C)=C1C3(C)C)[C@]1(OC(C)=O)CO[C@@H]1C[C@@H]2O.[SiH3]O[SiH3]. The lowest BCUT2D eigenvalue weighted by molar-refractivity contribution is -0.346. The van der Waals surface area contributed by atoms with Gasteiger partial charge in [-0.3, -0.25) is 19.2 Å². The molecule has 7 rings (SSSR count). The maximum atomic E-state index is 15.5. The smallest absolute Gasteiger partial charge is 0.338 e. The minimum absolute atomic E-state index is 0.00289. The number of fused-ring (bicyclic) bond motifs is 5. The first-order valence-electron chi connectivity index (χ1n) is 21.3. The molecule has 0 spiro atoms. The van der Waals surface area contributed by atoms with E-state index >= 15 is 4.79 Å². The van der Waals surface area contributed by atoms with Crippen LogP contribution >= 0.6 is 0 Å². The van der Waals surface area contributed by atoms with E-state index in [0.717, 1.165) is 34.8 Å². The number of hydrogen-bond donors (Lipinski definition) is 4. The monoisotopic (exact) mass is 931 g/mol. The van der Waals surface area contributed by atoms with E-state index in [2.05, 4.69) is 9.43 Å². The molecule has 348 valence electrons. The Morgan fingerprint density at radius 1 is 0.831 bits per heavy atom. The summed E-state index contributed by atoms with van der Waals surface area (Å²) in [5.74, 6) is -6.84. The molecule has 1 aliphatic heterocycles. The Labute approximate surface area is 383 Å². The Kier molecular flexibility index (Phi) is 14.5. The van der Waals surface area contributed by atoms with Crippen LogP contribution < -0.4 is 5.32 Å². The molecule has 4 aliphatic rings. The highest BCUT2D eigenvalue weighted by Crippen LogP contribution is 2.64. The summed E-state index contributed by atoms with van der Waals surface area (Å²) in [5.41, 5.74) is -7.02. The van der Waals surface area contributed by atoms with E-state index in [9.17, 15) is 39.3 Å². The predicted octanol–water partition coefficient (Wildman–Crippen LogP) is 1.30. The van der Waals surface area contributed by atoms with Crippen molar-refractivity contribution in [1.82, 2.24) is 5.32 Å². The molecule has 3 aromatic rings. The minimum atomic E-state index is -2.39. The molecule has 1 saturated heterocycles. The molecule has 3 aliphatic carbocycles. The van der Waals surface area contributed by atoms with E-state index in [0.29, 0.717) is 5.56 Å². The summed E-state index contributed by atoms with van der Waals surface area (Å²) in [7, 11) is 1.86. The van der Waals surface area contributed by atoms with Crippen LogP contribution in [0.15, 0.2) is 102 Å². The second-order valence-electron chi connectivity index (χ2n) is 17.8. The van der Waals surface area contributed by atoms with Crippen LogP contribution in [0.5, 0.6) is 0 Å². The van der Waals surface area contributed by atoms with E-state index in [1.165, 1.54) is 26.0 Å². The van der Waals surface area contributed by atoms with Crippen LogP contribution in [0.3, 0.4) is 0 Å². The van der Waals surface area contributed by atoms with Gasteiger partial charge in [-0.15, -0.1) is 0 Å². The van der Waals surface area contributed by atoms with Gasteiger partial charge >= 0.3 is 23.9 Å². The lowest BCUT2D eigenvalue weighted by Crippen LogP contribution is -2.82. The summed E-state index contributed by atoms with van der Waals surface area (Å²) in [5, 5.41) is 40.2.